The largest absolute Gasteiger partial charge is 0.431 e. The van der Waals surface area contributed by atoms with Gasteiger partial charge in [0.1, 0.15) is 6.26 Å². The fraction of sp³-hybridized carbons (Fsp3) is 0.700. The van der Waals surface area contributed by atoms with Gasteiger partial charge in [-0.15, -0.1) is 0 Å². The van der Waals surface area contributed by atoms with Crippen molar-refractivity contribution in [2.24, 2.45) is 5.92 Å². The normalized spacial score (nSPS) is 21.4. The second-order valence-electron chi connectivity index (χ2n) is 4.39. The Balaban J connectivity index is 1.94. The van der Waals surface area contributed by atoms with Gasteiger partial charge >= 0.3 is 6.01 Å². The van der Waals surface area contributed by atoms with Crippen molar-refractivity contribution in [3.05, 3.63) is 12.0 Å². The average molecular weight is 259 g/mol. The summed E-state index contributed by atoms with van der Waals surface area (Å²) in [6.45, 7) is 3.47. The molecule has 0 bridgehead atoms. The quantitative estimate of drug-likeness (QED) is 0.832. The fourth-order valence-electron chi connectivity index (χ4n) is 1.95. The maximum atomic E-state index is 11.8. The maximum Gasteiger partial charge on any atom is 0.308 e. The van der Waals surface area contributed by atoms with Crippen LogP contribution in [0, 0.1) is 12.8 Å². The number of oxazole rings is 1. The van der Waals surface area contributed by atoms with E-state index in [1.165, 1.54) is 6.26 Å². The molecule has 0 amide bonds. The Labute approximate surface area is 101 Å². The van der Waals surface area contributed by atoms with E-state index in [1.54, 1.807) is 6.92 Å². The maximum absolute atomic E-state index is 11.8. The monoisotopic (exact) mass is 259 g/mol. The number of aromatic nitrogens is 1. The molecule has 1 aliphatic heterocycles. The van der Waals surface area contributed by atoms with Gasteiger partial charge in [0.15, 0.2) is 0 Å². The summed E-state index contributed by atoms with van der Waals surface area (Å²) >= 11 is 0. The molecule has 1 aromatic heterocycles. The minimum Gasteiger partial charge on any atom is -0.431 e. The van der Waals surface area contributed by atoms with Crippen molar-refractivity contribution in [1.29, 1.82) is 0 Å². The Morgan fingerprint density at radius 3 is 3.06 bits per heavy atom. The third-order valence-corrected chi connectivity index (χ3v) is 4.11. The van der Waals surface area contributed by atoms with E-state index in [4.69, 9.17) is 4.42 Å². The van der Waals surface area contributed by atoms with Gasteiger partial charge in [-0.1, -0.05) is 0 Å². The highest BCUT2D eigenvalue weighted by atomic mass is 32.2. The molecular weight excluding hydrogens is 242 g/mol. The summed E-state index contributed by atoms with van der Waals surface area (Å²) in [4.78, 5) is 3.92. The van der Waals surface area contributed by atoms with Crippen LogP contribution in [0.4, 0.5) is 6.01 Å². The molecule has 1 aliphatic rings. The molecule has 1 aromatic rings. The van der Waals surface area contributed by atoms with Crippen LogP contribution in [0.15, 0.2) is 10.7 Å². The lowest BCUT2D eigenvalue weighted by Crippen LogP contribution is -2.35. The summed E-state index contributed by atoms with van der Waals surface area (Å²) in [5, 5.41) is 3.19. The van der Waals surface area contributed by atoms with Gasteiger partial charge in [-0.25, -0.2) is 13.1 Å². The highest BCUT2D eigenvalue weighted by Crippen LogP contribution is 2.15. The Morgan fingerprint density at radius 2 is 2.47 bits per heavy atom. The average Bonchev–Trinajstić information content (AvgIpc) is 2.63. The molecule has 0 saturated carbocycles. The zero-order valence-corrected chi connectivity index (χ0v) is 10.6. The predicted molar refractivity (Wildman–Crippen MR) is 64.2 cm³/mol. The SMILES string of the molecule is Cc1coc(NS(=O)(=O)CC2CCCNC2)n1. The molecule has 1 fully saturated rings. The molecule has 1 atom stereocenters. The van der Waals surface area contributed by atoms with Gasteiger partial charge in [0.2, 0.25) is 10.0 Å². The topological polar surface area (TPSA) is 84.2 Å². The molecule has 1 saturated heterocycles. The van der Waals surface area contributed by atoms with Crippen LogP contribution in [0.2, 0.25) is 0 Å². The number of hydrogen-bond donors (Lipinski definition) is 2. The van der Waals surface area contributed by atoms with Crippen LogP contribution in [-0.2, 0) is 10.0 Å². The van der Waals surface area contributed by atoms with E-state index in [0.29, 0.717) is 5.69 Å². The first-order valence-electron chi connectivity index (χ1n) is 5.68. The molecule has 0 aliphatic carbocycles. The highest BCUT2D eigenvalue weighted by molar-refractivity contribution is 7.92. The van der Waals surface area contributed by atoms with Crippen molar-refractivity contribution in [3.63, 3.8) is 0 Å². The standard InChI is InChI=1S/C10H17N3O3S/c1-8-6-16-10(12-8)13-17(14,15)7-9-3-2-4-11-5-9/h6,9,11H,2-5,7H2,1H3,(H,12,13). The van der Waals surface area contributed by atoms with Crippen molar-refractivity contribution >= 4 is 16.0 Å². The van der Waals surface area contributed by atoms with E-state index in [-0.39, 0.29) is 17.7 Å². The van der Waals surface area contributed by atoms with Crippen LogP contribution in [0.1, 0.15) is 18.5 Å². The molecule has 1 unspecified atom stereocenters. The first-order valence-corrected chi connectivity index (χ1v) is 7.34. The first-order chi connectivity index (χ1) is 8.05. The zero-order valence-electron chi connectivity index (χ0n) is 9.77. The minimum absolute atomic E-state index is 0.0475. The first kappa shape index (κ1) is 12.4. The van der Waals surface area contributed by atoms with E-state index in [0.717, 1.165) is 25.9 Å². The summed E-state index contributed by atoms with van der Waals surface area (Å²) in [6.07, 6.45) is 3.39. The molecule has 0 aromatic carbocycles. The van der Waals surface area contributed by atoms with Gasteiger partial charge < -0.3 is 9.73 Å². The second-order valence-corrected chi connectivity index (χ2v) is 6.16. The van der Waals surface area contributed by atoms with E-state index in [2.05, 4.69) is 15.0 Å². The molecule has 6 nitrogen and oxygen atoms in total. The van der Waals surface area contributed by atoms with Gasteiger partial charge in [-0.05, 0) is 38.8 Å². The Hall–Kier alpha value is -1.08. The van der Waals surface area contributed by atoms with Gasteiger partial charge in [0.05, 0.1) is 11.4 Å². The molecule has 0 radical (unpaired) electrons. The molecule has 2 heterocycles. The molecule has 96 valence electrons. The van der Waals surface area contributed by atoms with Gasteiger partial charge in [-0.2, -0.15) is 4.98 Å². The van der Waals surface area contributed by atoms with Crippen LogP contribution in [0.3, 0.4) is 0 Å². The van der Waals surface area contributed by atoms with Crippen molar-refractivity contribution in [2.75, 3.05) is 23.6 Å². The molecular formula is C10H17N3O3S. The van der Waals surface area contributed by atoms with Crippen LogP contribution in [0.5, 0.6) is 0 Å². The Bertz CT molecular complexity index is 463. The van der Waals surface area contributed by atoms with E-state index in [1.807, 2.05) is 0 Å². The fourth-order valence-corrected chi connectivity index (χ4v) is 3.30. The predicted octanol–water partition coefficient (Wildman–Crippen LogP) is 0.724. The number of sulfonamides is 1. The minimum atomic E-state index is -3.37. The Morgan fingerprint density at radius 1 is 1.65 bits per heavy atom. The van der Waals surface area contributed by atoms with E-state index >= 15 is 0 Å². The van der Waals surface area contributed by atoms with Gasteiger partial charge in [0, 0.05) is 0 Å². The third-order valence-electron chi connectivity index (χ3n) is 2.72. The summed E-state index contributed by atoms with van der Waals surface area (Å²) in [5.41, 5.74) is 0.655. The van der Waals surface area contributed by atoms with Crippen LogP contribution in [-0.4, -0.2) is 32.2 Å². The van der Waals surface area contributed by atoms with Crippen LogP contribution in [0.25, 0.3) is 0 Å². The van der Waals surface area contributed by atoms with Crippen molar-refractivity contribution in [1.82, 2.24) is 10.3 Å². The van der Waals surface area contributed by atoms with E-state index in [9.17, 15) is 8.42 Å². The second kappa shape index (κ2) is 5.05. The molecule has 2 N–H and O–H groups in total. The van der Waals surface area contributed by atoms with Gasteiger partial charge in [0.25, 0.3) is 0 Å². The highest BCUT2D eigenvalue weighted by Gasteiger charge is 2.22. The van der Waals surface area contributed by atoms with Gasteiger partial charge in [-0.3, -0.25) is 0 Å². The van der Waals surface area contributed by atoms with Crippen LogP contribution < -0.4 is 10.0 Å². The lowest BCUT2D eigenvalue weighted by atomic mass is 10.0. The summed E-state index contributed by atoms with van der Waals surface area (Å²) in [7, 11) is -3.37. The van der Waals surface area contributed by atoms with Crippen LogP contribution >= 0.6 is 0 Å². The number of piperidine rings is 1. The molecule has 7 heteroatoms. The van der Waals surface area contributed by atoms with E-state index < -0.39 is 10.0 Å². The lowest BCUT2D eigenvalue weighted by molar-refractivity contribution is 0.404. The smallest absolute Gasteiger partial charge is 0.308 e. The van der Waals surface area contributed by atoms with Crippen molar-refractivity contribution in [2.45, 2.75) is 19.8 Å². The molecule has 2 rings (SSSR count). The lowest BCUT2D eigenvalue weighted by Gasteiger charge is -2.22. The summed E-state index contributed by atoms with van der Waals surface area (Å²) in [5.74, 6) is 0.277. The third kappa shape index (κ3) is 3.71. The number of hydrogen-bond acceptors (Lipinski definition) is 5. The van der Waals surface area contributed by atoms with Crippen molar-refractivity contribution in [3.8, 4) is 0 Å². The summed E-state index contributed by atoms with van der Waals surface area (Å²) in [6, 6.07) is 0.0475. The number of nitrogens with one attached hydrogen (secondary N) is 2. The number of aryl methyl sites for hydroxylation is 1. The molecule has 17 heavy (non-hydrogen) atoms. The number of rotatable bonds is 4. The number of nitrogens with zero attached hydrogens (tertiary/aromatic N) is 1. The zero-order chi connectivity index (χ0) is 12.3. The summed E-state index contributed by atoms with van der Waals surface area (Å²) < 4.78 is 31.0. The molecule has 0 spiro atoms. The van der Waals surface area contributed by atoms with Crippen molar-refractivity contribution < 1.29 is 12.8 Å². The Kier molecular flexibility index (Phi) is 3.68. The number of anilines is 1.